The molecular weight excluding hydrogens is 432 g/mol. The molecule has 3 aromatic rings. The van der Waals surface area contributed by atoms with Crippen LogP contribution in [0.1, 0.15) is 54.7 Å². The molecule has 2 heterocycles. The van der Waals surface area contributed by atoms with Crippen molar-refractivity contribution in [3.8, 4) is 17.0 Å². The van der Waals surface area contributed by atoms with Crippen LogP contribution in [0, 0.1) is 0 Å². The average molecular weight is 459 g/mol. The molecule has 9 nitrogen and oxygen atoms in total. The molecule has 1 unspecified atom stereocenters. The summed E-state index contributed by atoms with van der Waals surface area (Å²) in [6, 6.07) is 7.55. The summed E-state index contributed by atoms with van der Waals surface area (Å²) in [5, 5.41) is 17.5. The first-order valence-corrected chi connectivity index (χ1v) is 10.8. The van der Waals surface area contributed by atoms with Crippen LogP contribution in [0.4, 0.5) is 9.93 Å². The van der Waals surface area contributed by atoms with E-state index in [1.54, 1.807) is 45.7 Å². The highest BCUT2D eigenvalue weighted by Crippen LogP contribution is 2.34. The maximum atomic E-state index is 12.1. The Morgan fingerprint density at radius 1 is 1.31 bits per heavy atom. The molecular formula is C22H26N4O5S. The van der Waals surface area contributed by atoms with Crippen molar-refractivity contribution in [1.29, 1.82) is 0 Å². The van der Waals surface area contributed by atoms with Gasteiger partial charge in [0, 0.05) is 11.8 Å². The van der Waals surface area contributed by atoms with Gasteiger partial charge in [-0.05, 0) is 45.4 Å². The molecule has 2 aromatic heterocycles. The molecule has 1 atom stereocenters. The topological polar surface area (TPSA) is 116 Å². The summed E-state index contributed by atoms with van der Waals surface area (Å²) in [5.41, 5.74) is 1.56. The molecule has 3 rings (SSSR count). The predicted octanol–water partition coefficient (Wildman–Crippen LogP) is 4.28. The summed E-state index contributed by atoms with van der Waals surface area (Å²) >= 11 is 1.02. The third kappa shape index (κ3) is 5.71. The fourth-order valence-electron chi connectivity index (χ4n) is 2.98. The maximum absolute atomic E-state index is 12.1. The van der Waals surface area contributed by atoms with Crippen LogP contribution in [-0.4, -0.2) is 45.0 Å². The molecule has 0 aliphatic heterocycles. The number of nitrogens with one attached hydrogen (secondary N) is 1. The van der Waals surface area contributed by atoms with Crippen molar-refractivity contribution in [1.82, 2.24) is 14.8 Å². The minimum absolute atomic E-state index is 0.218. The lowest BCUT2D eigenvalue weighted by atomic mass is 10.1. The summed E-state index contributed by atoms with van der Waals surface area (Å²) in [5.74, 6) is 0.752. The first kappa shape index (κ1) is 23.4. The van der Waals surface area contributed by atoms with Crippen molar-refractivity contribution in [2.24, 2.45) is 0 Å². The van der Waals surface area contributed by atoms with E-state index in [1.807, 2.05) is 24.3 Å². The van der Waals surface area contributed by atoms with Gasteiger partial charge in [0.25, 0.3) is 0 Å². The van der Waals surface area contributed by atoms with Gasteiger partial charge in [0.05, 0.1) is 30.3 Å². The number of aromatic nitrogens is 3. The van der Waals surface area contributed by atoms with Gasteiger partial charge in [0.15, 0.2) is 11.4 Å². The number of carbonyl (C=O) groups excluding carboxylic acids is 2. The van der Waals surface area contributed by atoms with Gasteiger partial charge in [-0.2, -0.15) is 5.10 Å². The first-order chi connectivity index (χ1) is 15.1. The van der Waals surface area contributed by atoms with Crippen molar-refractivity contribution >= 4 is 28.8 Å². The Kier molecular flexibility index (Phi) is 6.95. The Morgan fingerprint density at radius 3 is 2.56 bits per heavy atom. The molecule has 0 spiro atoms. The number of amides is 1. The number of methoxy groups -OCH3 is 1. The van der Waals surface area contributed by atoms with E-state index < -0.39 is 17.8 Å². The van der Waals surface area contributed by atoms with Crippen molar-refractivity contribution in [3.05, 3.63) is 46.6 Å². The van der Waals surface area contributed by atoms with Gasteiger partial charge in [0.2, 0.25) is 0 Å². The number of thiazole rings is 1. The van der Waals surface area contributed by atoms with Gasteiger partial charge in [-0.3, -0.25) is 14.8 Å². The molecule has 10 heteroatoms. The van der Waals surface area contributed by atoms with E-state index >= 15 is 0 Å². The zero-order chi connectivity index (χ0) is 23.5. The van der Waals surface area contributed by atoms with E-state index in [2.05, 4.69) is 15.4 Å². The number of carbonyl (C=O) groups is 2. The molecule has 0 saturated carbocycles. The number of aliphatic hydroxyl groups is 1. The molecule has 0 aliphatic carbocycles. The lowest BCUT2D eigenvalue weighted by molar-refractivity contribution is 0.0635. The Hall–Kier alpha value is -3.24. The largest absolute Gasteiger partial charge is 0.497 e. The van der Waals surface area contributed by atoms with Gasteiger partial charge in [-0.25, -0.2) is 9.78 Å². The van der Waals surface area contributed by atoms with E-state index in [9.17, 15) is 14.7 Å². The van der Waals surface area contributed by atoms with Crippen molar-refractivity contribution < 1.29 is 24.2 Å². The van der Waals surface area contributed by atoms with Gasteiger partial charge in [-0.15, -0.1) is 0 Å². The van der Waals surface area contributed by atoms with E-state index in [0.29, 0.717) is 34.7 Å². The average Bonchev–Trinajstić information content (AvgIpc) is 3.30. The first-order valence-electron chi connectivity index (χ1n) is 9.94. The van der Waals surface area contributed by atoms with E-state index in [1.165, 1.54) is 0 Å². The zero-order valence-electron chi connectivity index (χ0n) is 18.6. The van der Waals surface area contributed by atoms with Crippen LogP contribution in [0.25, 0.3) is 11.3 Å². The minimum atomic E-state index is -0.884. The van der Waals surface area contributed by atoms with E-state index in [-0.39, 0.29) is 5.13 Å². The third-order valence-electron chi connectivity index (χ3n) is 4.31. The second-order valence-corrected chi connectivity index (χ2v) is 9.16. The molecule has 1 amide bonds. The van der Waals surface area contributed by atoms with Crippen LogP contribution >= 0.6 is 11.3 Å². The summed E-state index contributed by atoms with van der Waals surface area (Å²) in [4.78, 5) is 28.5. The maximum Gasteiger partial charge on any atom is 0.413 e. The molecule has 2 N–H and O–H groups in total. The quantitative estimate of drug-likeness (QED) is 0.508. The van der Waals surface area contributed by atoms with E-state index in [0.717, 1.165) is 22.6 Å². The molecule has 0 bridgehead atoms. The zero-order valence-corrected chi connectivity index (χ0v) is 19.4. The Morgan fingerprint density at radius 2 is 2.00 bits per heavy atom. The van der Waals surface area contributed by atoms with Crippen LogP contribution in [0.15, 0.2) is 30.5 Å². The molecule has 0 aliphatic rings. The van der Waals surface area contributed by atoms with Gasteiger partial charge < -0.3 is 14.6 Å². The monoisotopic (exact) mass is 458 g/mol. The number of nitrogens with zero attached hydrogens (tertiary/aromatic N) is 3. The number of benzene rings is 1. The van der Waals surface area contributed by atoms with Crippen molar-refractivity contribution in [3.63, 3.8) is 0 Å². The summed E-state index contributed by atoms with van der Waals surface area (Å²) < 4.78 is 12.1. The number of ether oxygens (including phenoxy) is 2. The van der Waals surface area contributed by atoms with Crippen molar-refractivity contribution in [2.45, 2.75) is 45.9 Å². The van der Waals surface area contributed by atoms with E-state index in [4.69, 9.17) is 9.47 Å². The number of hydrogen-bond donors (Lipinski definition) is 2. The SMILES string of the molecule is COc1ccc(Cn2cc(-c3nc(NC(=O)OC(C)(C)C)sc3C=O)c(C(C)O)n2)cc1. The number of rotatable bonds is 7. The van der Waals surface area contributed by atoms with Crippen LogP contribution < -0.4 is 10.1 Å². The molecule has 0 fully saturated rings. The number of hydrogen-bond acceptors (Lipinski definition) is 8. The van der Waals surface area contributed by atoms with Crippen LogP contribution in [-0.2, 0) is 11.3 Å². The third-order valence-corrected chi connectivity index (χ3v) is 5.21. The van der Waals surface area contributed by atoms with Gasteiger partial charge >= 0.3 is 6.09 Å². The number of aldehydes is 1. The van der Waals surface area contributed by atoms with Crippen LogP contribution in [0.5, 0.6) is 5.75 Å². The molecule has 1 aromatic carbocycles. The molecule has 0 radical (unpaired) electrons. The standard InChI is InChI=1S/C22H26N4O5S/c1-13(28)18-16(11-26(25-18)10-14-6-8-15(30-5)9-7-14)19-17(12-27)32-20(23-19)24-21(29)31-22(2,3)4/h6-9,11-13,28H,10H2,1-5H3,(H,23,24,29). The summed E-state index contributed by atoms with van der Waals surface area (Å²) in [7, 11) is 1.61. The van der Waals surface area contributed by atoms with Gasteiger partial charge in [-0.1, -0.05) is 23.5 Å². The molecule has 170 valence electrons. The fourth-order valence-corrected chi connectivity index (χ4v) is 3.76. The predicted molar refractivity (Wildman–Crippen MR) is 121 cm³/mol. The smallest absolute Gasteiger partial charge is 0.413 e. The molecule has 32 heavy (non-hydrogen) atoms. The Bertz CT molecular complexity index is 1100. The lowest BCUT2D eigenvalue weighted by Gasteiger charge is -2.18. The second kappa shape index (κ2) is 9.49. The summed E-state index contributed by atoms with van der Waals surface area (Å²) in [6.45, 7) is 7.30. The highest BCUT2D eigenvalue weighted by atomic mass is 32.1. The second-order valence-electron chi connectivity index (χ2n) is 8.13. The minimum Gasteiger partial charge on any atom is -0.497 e. The lowest BCUT2D eigenvalue weighted by Crippen LogP contribution is -2.27. The van der Waals surface area contributed by atoms with Gasteiger partial charge in [0.1, 0.15) is 17.0 Å². The fraction of sp³-hybridized carbons (Fsp3) is 0.364. The molecule has 0 saturated heterocycles. The Balaban J connectivity index is 1.91. The number of anilines is 1. The number of aliphatic hydroxyl groups excluding tert-OH is 1. The highest BCUT2D eigenvalue weighted by Gasteiger charge is 2.23. The van der Waals surface area contributed by atoms with Crippen molar-refractivity contribution in [2.75, 3.05) is 12.4 Å². The highest BCUT2D eigenvalue weighted by molar-refractivity contribution is 7.17. The van der Waals surface area contributed by atoms with Crippen LogP contribution in [0.3, 0.4) is 0 Å². The van der Waals surface area contributed by atoms with Crippen LogP contribution in [0.2, 0.25) is 0 Å². The summed E-state index contributed by atoms with van der Waals surface area (Å²) in [6.07, 6.45) is 0.845. The Labute approximate surface area is 190 Å². The normalized spacial score (nSPS) is 12.3.